The molecule has 4 heteroatoms. The zero-order valence-electron chi connectivity index (χ0n) is 6.03. The van der Waals surface area contributed by atoms with Crippen molar-refractivity contribution in [1.82, 2.24) is 4.98 Å². The van der Waals surface area contributed by atoms with E-state index in [1.54, 1.807) is 6.07 Å². The normalized spacial score (nSPS) is 8.73. The number of hydrogen-bond donors (Lipinski definition) is 1. The van der Waals surface area contributed by atoms with E-state index in [4.69, 9.17) is 15.7 Å². The van der Waals surface area contributed by atoms with Crippen molar-refractivity contribution in [2.24, 2.45) is 0 Å². The fourth-order valence-electron chi connectivity index (χ4n) is 0.699. The van der Waals surface area contributed by atoms with Crippen molar-refractivity contribution < 1.29 is 4.74 Å². The Morgan fingerprint density at radius 3 is 3.00 bits per heavy atom. The topological polar surface area (TPSA) is 71.9 Å². The monoisotopic (exact) mass is 149 g/mol. The molecule has 1 rings (SSSR count). The molecule has 0 saturated heterocycles. The fraction of sp³-hybridized carbons (Fsp3) is 0.143. The Morgan fingerprint density at radius 1 is 1.73 bits per heavy atom. The van der Waals surface area contributed by atoms with E-state index >= 15 is 0 Å². The minimum atomic E-state index is 0.252. The molecule has 0 saturated carbocycles. The number of ether oxygens (including phenoxy) is 1. The molecule has 0 aliphatic heterocycles. The summed E-state index contributed by atoms with van der Waals surface area (Å²) in [5.74, 6) is 0.410. The number of hydrogen-bond acceptors (Lipinski definition) is 4. The zero-order valence-corrected chi connectivity index (χ0v) is 6.03. The molecule has 0 fully saturated rings. The molecule has 0 aliphatic rings. The van der Waals surface area contributed by atoms with E-state index in [-0.39, 0.29) is 5.69 Å². The highest BCUT2D eigenvalue weighted by Crippen LogP contribution is 2.16. The highest BCUT2D eigenvalue weighted by atomic mass is 16.5. The van der Waals surface area contributed by atoms with Gasteiger partial charge in [0.1, 0.15) is 6.07 Å². The van der Waals surface area contributed by atoms with Crippen LogP contribution in [0.4, 0.5) is 5.69 Å². The molecule has 11 heavy (non-hydrogen) atoms. The fourth-order valence-corrected chi connectivity index (χ4v) is 0.699. The van der Waals surface area contributed by atoms with E-state index in [2.05, 4.69) is 4.98 Å². The molecule has 0 aromatic carbocycles. The Hall–Kier alpha value is -1.76. The molecule has 0 spiro atoms. The number of aromatic nitrogens is 1. The summed E-state index contributed by atoms with van der Waals surface area (Å²) in [6.07, 6.45) is 1.42. The second-order valence-corrected chi connectivity index (χ2v) is 1.93. The van der Waals surface area contributed by atoms with Gasteiger partial charge in [0.05, 0.1) is 19.0 Å². The van der Waals surface area contributed by atoms with E-state index < -0.39 is 0 Å². The lowest BCUT2D eigenvalue weighted by Gasteiger charge is -2.00. The molecular formula is C7H7N3O. The molecule has 1 heterocycles. The van der Waals surface area contributed by atoms with Crippen LogP contribution in [0.25, 0.3) is 0 Å². The van der Waals surface area contributed by atoms with Gasteiger partial charge in [-0.25, -0.2) is 4.98 Å². The number of pyridine rings is 1. The largest absolute Gasteiger partial charge is 0.494 e. The zero-order chi connectivity index (χ0) is 8.27. The molecule has 1 aromatic rings. The van der Waals surface area contributed by atoms with Crippen LogP contribution < -0.4 is 10.5 Å². The van der Waals surface area contributed by atoms with Crippen LogP contribution >= 0.6 is 0 Å². The Labute approximate surface area is 64.2 Å². The molecular weight excluding hydrogens is 142 g/mol. The number of nitriles is 1. The van der Waals surface area contributed by atoms with Gasteiger partial charge in [-0.1, -0.05) is 0 Å². The first-order valence-corrected chi connectivity index (χ1v) is 2.97. The summed E-state index contributed by atoms with van der Waals surface area (Å²) in [7, 11) is 1.47. The molecule has 0 atom stereocenters. The number of nitrogen functional groups attached to an aromatic ring is 1. The van der Waals surface area contributed by atoms with E-state index in [9.17, 15) is 0 Å². The van der Waals surface area contributed by atoms with Gasteiger partial charge in [-0.2, -0.15) is 5.26 Å². The minimum absolute atomic E-state index is 0.252. The van der Waals surface area contributed by atoms with Crippen LogP contribution in [-0.2, 0) is 0 Å². The second-order valence-electron chi connectivity index (χ2n) is 1.93. The summed E-state index contributed by atoms with van der Waals surface area (Å²) >= 11 is 0. The van der Waals surface area contributed by atoms with Crippen LogP contribution in [0, 0.1) is 11.3 Å². The van der Waals surface area contributed by atoms with Crippen LogP contribution in [0.5, 0.6) is 5.75 Å². The van der Waals surface area contributed by atoms with E-state index in [1.807, 2.05) is 6.07 Å². The van der Waals surface area contributed by atoms with Crippen LogP contribution in [0.3, 0.4) is 0 Å². The first-order chi connectivity index (χ1) is 5.27. The van der Waals surface area contributed by atoms with E-state index in [0.29, 0.717) is 11.4 Å². The Morgan fingerprint density at radius 2 is 2.45 bits per heavy atom. The van der Waals surface area contributed by atoms with Crippen molar-refractivity contribution in [3.05, 3.63) is 18.0 Å². The van der Waals surface area contributed by atoms with Gasteiger partial charge < -0.3 is 10.5 Å². The maximum Gasteiger partial charge on any atom is 0.182 e. The Bertz CT molecular complexity index is 303. The summed E-state index contributed by atoms with van der Waals surface area (Å²) in [6, 6.07) is 3.44. The van der Waals surface area contributed by atoms with Gasteiger partial charge in [0.25, 0.3) is 0 Å². The van der Waals surface area contributed by atoms with E-state index in [1.165, 1.54) is 13.3 Å². The molecule has 56 valence electrons. The average molecular weight is 149 g/mol. The van der Waals surface area contributed by atoms with Gasteiger partial charge in [0.15, 0.2) is 11.4 Å². The van der Waals surface area contributed by atoms with Crippen LogP contribution in [0.15, 0.2) is 12.3 Å². The molecule has 2 N–H and O–H groups in total. The SMILES string of the molecule is COc1cc(N)cnc1C#N. The maximum absolute atomic E-state index is 8.51. The predicted octanol–water partition coefficient (Wildman–Crippen LogP) is 0.544. The number of nitrogens with two attached hydrogens (primary N) is 1. The summed E-state index contributed by atoms with van der Waals surface area (Å²) in [5.41, 5.74) is 6.14. The van der Waals surface area contributed by atoms with Crippen molar-refractivity contribution in [3.8, 4) is 11.8 Å². The average Bonchev–Trinajstić information content (AvgIpc) is 2.04. The molecule has 0 bridgehead atoms. The number of methoxy groups -OCH3 is 1. The summed E-state index contributed by atoms with van der Waals surface area (Å²) in [5, 5.41) is 8.51. The van der Waals surface area contributed by atoms with Gasteiger partial charge in [-0.3, -0.25) is 0 Å². The highest BCUT2D eigenvalue weighted by Gasteiger charge is 2.02. The third kappa shape index (κ3) is 1.38. The van der Waals surface area contributed by atoms with Crippen LogP contribution in [-0.4, -0.2) is 12.1 Å². The smallest absolute Gasteiger partial charge is 0.182 e. The lowest BCUT2D eigenvalue weighted by atomic mass is 10.3. The van der Waals surface area contributed by atoms with Crippen LogP contribution in [0.2, 0.25) is 0 Å². The van der Waals surface area contributed by atoms with Gasteiger partial charge in [-0.05, 0) is 0 Å². The first kappa shape index (κ1) is 7.35. The first-order valence-electron chi connectivity index (χ1n) is 2.97. The summed E-state index contributed by atoms with van der Waals surface area (Å²) in [6.45, 7) is 0. The van der Waals surface area contributed by atoms with Gasteiger partial charge in [0.2, 0.25) is 0 Å². The van der Waals surface area contributed by atoms with Crippen molar-refractivity contribution in [3.63, 3.8) is 0 Å². The van der Waals surface area contributed by atoms with Crippen molar-refractivity contribution in [2.75, 3.05) is 12.8 Å². The van der Waals surface area contributed by atoms with Crippen molar-refractivity contribution in [1.29, 1.82) is 5.26 Å². The number of anilines is 1. The molecule has 0 unspecified atom stereocenters. The third-order valence-corrected chi connectivity index (χ3v) is 1.20. The molecule has 0 aliphatic carbocycles. The molecule has 4 nitrogen and oxygen atoms in total. The summed E-state index contributed by atoms with van der Waals surface area (Å²) in [4.78, 5) is 3.76. The van der Waals surface area contributed by atoms with Crippen molar-refractivity contribution in [2.45, 2.75) is 0 Å². The maximum atomic E-state index is 8.51. The predicted molar refractivity (Wildman–Crippen MR) is 39.9 cm³/mol. The number of rotatable bonds is 1. The van der Waals surface area contributed by atoms with Crippen LogP contribution in [0.1, 0.15) is 5.69 Å². The number of nitrogens with zero attached hydrogens (tertiary/aromatic N) is 2. The molecule has 1 aromatic heterocycles. The lowest BCUT2D eigenvalue weighted by molar-refractivity contribution is 0.411. The summed E-state index contributed by atoms with van der Waals surface area (Å²) < 4.78 is 4.85. The second kappa shape index (κ2) is 2.88. The van der Waals surface area contributed by atoms with Gasteiger partial charge in [-0.15, -0.1) is 0 Å². The van der Waals surface area contributed by atoms with Crippen molar-refractivity contribution >= 4 is 5.69 Å². The van der Waals surface area contributed by atoms with Gasteiger partial charge >= 0.3 is 0 Å². The Kier molecular flexibility index (Phi) is 1.93. The highest BCUT2D eigenvalue weighted by molar-refractivity contribution is 5.47. The van der Waals surface area contributed by atoms with Gasteiger partial charge in [0, 0.05) is 6.07 Å². The van der Waals surface area contributed by atoms with E-state index in [0.717, 1.165) is 0 Å². The minimum Gasteiger partial charge on any atom is -0.494 e. The third-order valence-electron chi connectivity index (χ3n) is 1.20. The molecule has 0 amide bonds. The lowest BCUT2D eigenvalue weighted by Crippen LogP contribution is -1.94. The Balaban J connectivity index is 3.19. The molecule has 0 radical (unpaired) electrons. The quantitative estimate of drug-likeness (QED) is 0.632. The standard InChI is InChI=1S/C7H7N3O/c1-11-7-2-5(9)4-10-6(7)3-8/h2,4H,9H2,1H3.